The number of nitrogens with zero attached hydrogens (tertiary/aromatic N) is 3. The molecule has 2 rings (SSSR count). The molecule has 1 atom stereocenters. The Morgan fingerprint density at radius 1 is 1.56 bits per heavy atom. The molecule has 1 aromatic heterocycles. The first-order chi connectivity index (χ1) is 8.61. The quantitative estimate of drug-likeness (QED) is 0.644. The molecule has 18 heavy (non-hydrogen) atoms. The van der Waals surface area contributed by atoms with Crippen molar-refractivity contribution in [2.75, 3.05) is 11.4 Å². The maximum atomic E-state index is 11.2. The average Bonchev–Trinajstić information content (AvgIpc) is 2.38. The molecule has 0 aliphatic carbocycles. The minimum atomic E-state index is -0.951. The van der Waals surface area contributed by atoms with E-state index >= 15 is 0 Å². The molecule has 1 unspecified atom stereocenters. The highest BCUT2D eigenvalue weighted by atomic mass is 16.6. The van der Waals surface area contributed by atoms with Crippen LogP contribution in [0.3, 0.4) is 0 Å². The van der Waals surface area contributed by atoms with Gasteiger partial charge in [-0.05, 0) is 41.3 Å². The summed E-state index contributed by atoms with van der Waals surface area (Å²) >= 11 is 0. The molecule has 1 fully saturated rings. The van der Waals surface area contributed by atoms with Gasteiger partial charge in [0.2, 0.25) is 0 Å². The van der Waals surface area contributed by atoms with E-state index < -0.39 is 16.9 Å². The normalized spacial score (nSPS) is 19.6. The van der Waals surface area contributed by atoms with Gasteiger partial charge in [-0.25, -0.2) is 4.79 Å². The minimum Gasteiger partial charge on any atom is -0.480 e. The molecule has 96 valence electrons. The minimum absolute atomic E-state index is 0.286. The number of rotatable bonds is 3. The number of hydrogen-bond acceptors (Lipinski definition) is 5. The largest absolute Gasteiger partial charge is 0.480 e. The van der Waals surface area contributed by atoms with E-state index in [2.05, 4.69) is 4.98 Å². The fourth-order valence-electron chi connectivity index (χ4n) is 2.23. The molecular weight excluding hydrogens is 238 g/mol. The van der Waals surface area contributed by atoms with Gasteiger partial charge in [-0.15, -0.1) is 0 Å². The van der Waals surface area contributed by atoms with Crippen molar-refractivity contribution < 1.29 is 14.8 Å². The molecule has 0 spiro atoms. The fraction of sp³-hybridized carbons (Fsp3) is 0.455. The number of anilines is 1. The molecule has 0 saturated carbocycles. The Kier molecular flexibility index (Phi) is 3.40. The van der Waals surface area contributed by atoms with E-state index in [-0.39, 0.29) is 11.5 Å². The van der Waals surface area contributed by atoms with Crippen molar-refractivity contribution in [3.63, 3.8) is 0 Å². The number of carboxylic acid groups (broad SMARTS) is 1. The second-order valence-corrected chi connectivity index (χ2v) is 4.15. The molecule has 1 aliphatic rings. The molecule has 0 aromatic carbocycles. The van der Waals surface area contributed by atoms with Gasteiger partial charge in [0.1, 0.15) is 17.9 Å². The summed E-state index contributed by atoms with van der Waals surface area (Å²) in [6.07, 6.45) is 3.49. The van der Waals surface area contributed by atoms with Crippen LogP contribution in [-0.2, 0) is 4.79 Å². The molecule has 7 heteroatoms. The zero-order valence-electron chi connectivity index (χ0n) is 9.65. The van der Waals surface area contributed by atoms with Crippen LogP contribution < -0.4 is 4.90 Å². The number of carboxylic acids is 1. The van der Waals surface area contributed by atoms with Crippen LogP contribution in [0, 0.1) is 10.1 Å². The van der Waals surface area contributed by atoms with E-state index in [4.69, 9.17) is 5.11 Å². The van der Waals surface area contributed by atoms with Crippen LogP contribution in [-0.4, -0.2) is 33.6 Å². The summed E-state index contributed by atoms with van der Waals surface area (Å²) in [5.41, 5.74) is 0.287. The highest BCUT2D eigenvalue weighted by molar-refractivity contribution is 5.79. The van der Waals surface area contributed by atoms with Crippen LogP contribution in [0.4, 0.5) is 11.5 Å². The first kappa shape index (κ1) is 12.3. The molecule has 1 saturated heterocycles. The van der Waals surface area contributed by atoms with Crippen molar-refractivity contribution in [2.24, 2.45) is 0 Å². The van der Waals surface area contributed by atoms with Gasteiger partial charge in [-0.3, -0.25) is 0 Å². The van der Waals surface area contributed by atoms with E-state index in [1.165, 1.54) is 6.20 Å². The zero-order chi connectivity index (χ0) is 13.1. The lowest BCUT2D eigenvalue weighted by Crippen LogP contribution is -2.45. The lowest BCUT2D eigenvalue weighted by atomic mass is 10.0. The van der Waals surface area contributed by atoms with Gasteiger partial charge in [0, 0.05) is 6.54 Å². The Labute approximate surface area is 103 Å². The third kappa shape index (κ3) is 2.24. The third-order valence-electron chi connectivity index (χ3n) is 3.04. The van der Waals surface area contributed by atoms with Crippen molar-refractivity contribution in [1.82, 2.24) is 4.98 Å². The second kappa shape index (κ2) is 4.99. The molecule has 0 radical (unpaired) electrons. The van der Waals surface area contributed by atoms with E-state index in [1.54, 1.807) is 17.0 Å². The van der Waals surface area contributed by atoms with Gasteiger partial charge in [0.25, 0.3) is 0 Å². The number of nitro groups is 1. The maximum absolute atomic E-state index is 11.2. The Balaban J connectivity index is 2.39. The number of carbonyl (C=O) groups is 1. The van der Waals surface area contributed by atoms with Crippen molar-refractivity contribution >= 4 is 17.5 Å². The third-order valence-corrected chi connectivity index (χ3v) is 3.04. The van der Waals surface area contributed by atoms with Gasteiger partial charge in [0.15, 0.2) is 0 Å². The summed E-state index contributed by atoms with van der Waals surface area (Å²) in [6.45, 7) is 0.503. The van der Waals surface area contributed by atoms with Gasteiger partial charge in [0.05, 0.1) is 0 Å². The first-order valence-electron chi connectivity index (χ1n) is 5.70. The summed E-state index contributed by atoms with van der Waals surface area (Å²) in [4.78, 5) is 26.8. The van der Waals surface area contributed by atoms with Crippen LogP contribution in [0.25, 0.3) is 0 Å². The van der Waals surface area contributed by atoms with Gasteiger partial charge >= 0.3 is 11.8 Å². The molecule has 7 nitrogen and oxygen atoms in total. The fourth-order valence-corrected chi connectivity index (χ4v) is 2.23. The molecule has 0 bridgehead atoms. The molecule has 1 aliphatic heterocycles. The number of hydrogen-bond donors (Lipinski definition) is 1. The number of pyridine rings is 1. The monoisotopic (exact) mass is 251 g/mol. The van der Waals surface area contributed by atoms with E-state index in [1.807, 2.05) is 0 Å². The summed E-state index contributed by atoms with van der Waals surface area (Å²) < 4.78 is 0. The predicted octanol–water partition coefficient (Wildman–Crippen LogP) is 1.43. The van der Waals surface area contributed by atoms with Gasteiger partial charge in [-0.1, -0.05) is 0 Å². The predicted molar refractivity (Wildman–Crippen MR) is 63.5 cm³/mol. The lowest BCUT2D eigenvalue weighted by Gasteiger charge is -2.33. The summed E-state index contributed by atoms with van der Waals surface area (Å²) in [7, 11) is 0. The Morgan fingerprint density at radius 2 is 2.33 bits per heavy atom. The highest BCUT2D eigenvalue weighted by Crippen LogP contribution is 2.30. The summed E-state index contributed by atoms with van der Waals surface area (Å²) in [6, 6.07) is 2.42. The molecule has 1 aromatic rings. The van der Waals surface area contributed by atoms with Crippen molar-refractivity contribution in [3.05, 3.63) is 28.4 Å². The van der Waals surface area contributed by atoms with E-state index in [9.17, 15) is 14.9 Å². The topological polar surface area (TPSA) is 96.6 Å². The first-order valence-corrected chi connectivity index (χ1v) is 5.70. The van der Waals surface area contributed by atoms with E-state index in [0.717, 1.165) is 12.8 Å². The average molecular weight is 251 g/mol. The van der Waals surface area contributed by atoms with Crippen LogP contribution in [0.1, 0.15) is 19.3 Å². The lowest BCUT2D eigenvalue weighted by molar-refractivity contribution is -0.388. The number of aromatic nitrogens is 1. The summed E-state index contributed by atoms with van der Waals surface area (Å²) in [5.74, 6) is -1.24. The highest BCUT2D eigenvalue weighted by Gasteiger charge is 2.32. The Hall–Kier alpha value is -2.18. The molecule has 1 N–H and O–H groups in total. The number of piperidine rings is 1. The standard InChI is InChI=1S/C11H13N3O4/c15-11(16)9-4-1-2-7-13(9)8-5-3-6-12-10(8)14(17)18/h3,5-6,9H,1-2,4,7H2,(H,15,16). The molecule has 0 amide bonds. The SMILES string of the molecule is O=C(O)C1CCCCN1c1cccnc1[N+](=O)[O-]. The Morgan fingerprint density at radius 3 is 3.00 bits per heavy atom. The van der Waals surface area contributed by atoms with Crippen LogP contribution in [0.2, 0.25) is 0 Å². The van der Waals surface area contributed by atoms with Gasteiger partial charge in [-0.2, -0.15) is 0 Å². The van der Waals surface area contributed by atoms with Crippen LogP contribution in [0.5, 0.6) is 0 Å². The molecule has 2 heterocycles. The molecular formula is C11H13N3O4. The smallest absolute Gasteiger partial charge is 0.387 e. The van der Waals surface area contributed by atoms with Crippen LogP contribution in [0.15, 0.2) is 18.3 Å². The van der Waals surface area contributed by atoms with Crippen molar-refractivity contribution in [1.29, 1.82) is 0 Å². The van der Waals surface area contributed by atoms with Crippen molar-refractivity contribution in [2.45, 2.75) is 25.3 Å². The van der Waals surface area contributed by atoms with E-state index in [0.29, 0.717) is 13.0 Å². The second-order valence-electron chi connectivity index (χ2n) is 4.15. The zero-order valence-corrected chi connectivity index (χ0v) is 9.65. The maximum Gasteiger partial charge on any atom is 0.387 e. The number of aliphatic carboxylic acids is 1. The van der Waals surface area contributed by atoms with Crippen molar-refractivity contribution in [3.8, 4) is 0 Å². The van der Waals surface area contributed by atoms with Crippen LogP contribution >= 0.6 is 0 Å². The van der Waals surface area contributed by atoms with Gasteiger partial charge < -0.3 is 20.1 Å². The summed E-state index contributed by atoms with van der Waals surface area (Å²) in [5, 5.41) is 20.1. The Bertz CT molecular complexity index is 477.